The van der Waals surface area contributed by atoms with Gasteiger partial charge in [-0.15, -0.1) is 0 Å². The molecule has 2 N–H and O–H groups in total. The van der Waals surface area contributed by atoms with Crippen molar-refractivity contribution in [1.82, 2.24) is 25.3 Å². The van der Waals surface area contributed by atoms with Gasteiger partial charge in [0.1, 0.15) is 0 Å². The van der Waals surface area contributed by atoms with E-state index in [9.17, 15) is 4.79 Å². The van der Waals surface area contributed by atoms with Crippen LogP contribution in [0.2, 0.25) is 0 Å². The van der Waals surface area contributed by atoms with Crippen LogP contribution in [0, 0.1) is 13.8 Å². The molecular weight excluding hydrogens is 278 g/mol. The van der Waals surface area contributed by atoms with Gasteiger partial charge in [-0.3, -0.25) is 4.79 Å². The number of amides is 1. The molecule has 112 valence electrons. The fourth-order valence-electron chi connectivity index (χ4n) is 2.21. The van der Waals surface area contributed by atoms with Gasteiger partial charge in [0.05, 0.1) is 28.7 Å². The number of fused-ring (bicyclic) bond motifs is 1. The molecule has 0 saturated heterocycles. The highest BCUT2D eigenvalue weighted by Gasteiger charge is 2.08. The lowest BCUT2D eigenvalue weighted by atomic mass is 10.1. The highest BCUT2D eigenvalue weighted by atomic mass is 16.1. The fraction of sp³-hybridized carbons (Fsp3) is 0.250. The number of aromatic nitrogens is 4. The van der Waals surface area contributed by atoms with E-state index in [0.29, 0.717) is 12.1 Å². The molecule has 0 aliphatic rings. The molecule has 6 heteroatoms. The predicted molar refractivity (Wildman–Crippen MR) is 83.6 cm³/mol. The van der Waals surface area contributed by atoms with Crippen LogP contribution in [-0.4, -0.2) is 32.4 Å². The first kappa shape index (κ1) is 14.2. The first-order valence-corrected chi connectivity index (χ1v) is 7.14. The molecule has 0 fully saturated rings. The Bertz CT molecular complexity index is 811. The van der Waals surface area contributed by atoms with E-state index >= 15 is 0 Å². The molecule has 6 nitrogen and oxygen atoms in total. The van der Waals surface area contributed by atoms with Crippen molar-refractivity contribution in [2.24, 2.45) is 0 Å². The summed E-state index contributed by atoms with van der Waals surface area (Å²) < 4.78 is 0. The summed E-state index contributed by atoms with van der Waals surface area (Å²) in [5, 5.41) is 2.89. The normalized spacial score (nSPS) is 10.8. The number of imidazole rings is 1. The third-order valence-electron chi connectivity index (χ3n) is 3.57. The maximum atomic E-state index is 12.2. The zero-order valence-corrected chi connectivity index (χ0v) is 12.6. The number of hydrogen-bond acceptors (Lipinski definition) is 4. The molecule has 1 aromatic carbocycles. The van der Waals surface area contributed by atoms with Crippen LogP contribution in [0.4, 0.5) is 0 Å². The number of carbonyl (C=O) groups excluding carboxylic acids is 1. The molecule has 0 radical (unpaired) electrons. The number of aromatic amines is 1. The second-order valence-corrected chi connectivity index (χ2v) is 5.18. The first-order chi connectivity index (χ1) is 10.6. The van der Waals surface area contributed by atoms with E-state index in [-0.39, 0.29) is 5.91 Å². The predicted octanol–water partition coefficient (Wildman–Crippen LogP) is 1.94. The van der Waals surface area contributed by atoms with E-state index in [1.54, 1.807) is 24.7 Å². The van der Waals surface area contributed by atoms with Gasteiger partial charge >= 0.3 is 0 Å². The SMILES string of the molecule is Cc1nc2ccc(C(=O)NCCc3cnc[nH]3)cc2nc1C. The van der Waals surface area contributed by atoms with Crippen LogP contribution < -0.4 is 5.32 Å². The van der Waals surface area contributed by atoms with Gasteiger partial charge < -0.3 is 10.3 Å². The van der Waals surface area contributed by atoms with Crippen LogP contribution in [0.5, 0.6) is 0 Å². The molecular formula is C16H17N5O. The third kappa shape index (κ3) is 2.95. The number of nitrogens with zero attached hydrogens (tertiary/aromatic N) is 3. The standard InChI is InChI=1S/C16H17N5O/c1-10-11(2)21-15-7-12(3-4-14(15)20-10)16(22)18-6-5-13-8-17-9-19-13/h3-4,7-9H,5-6H2,1-2H3,(H,17,19)(H,18,22). The maximum Gasteiger partial charge on any atom is 0.251 e. The van der Waals surface area contributed by atoms with Crippen LogP contribution in [0.3, 0.4) is 0 Å². The van der Waals surface area contributed by atoms with Gasteiger partial charge in [0.15, 0.2) is 0 Å². The Labute approximate surface area is 128 Å². The molecule has 2 aromatic heterocycles. The number of aryl methyl sites for hydroxylation is 2. The number of carbonyl (C=O) groups is 1. The second kappa shape index (κ2) is 5.93. The molecule has 3 aromatic rings. The van der Waals surface area contributed by atoms with Crippen LogP contribution >= 0.6 is 0 Å². The Morgan fingerprint density at radius 2 is 1.95 bits per heavy atom. The number of benzene rings is 1. The largest absolute Gasteiger partial charge is 0.352 e. The van der Waals surface area contributed by atoms with Crippen molar-refractivity contribution >= 4 is 16.9 Å². The quantitative estimate of drug-likeness (QED) is 0.770. The van der Waals surface area contributed by atoms with Crippen molar-refractivity contribution in [2.75, 3.05) is 6.54 Å². The third-order valence-corrected chi connectivity index (χ3v) is 3.57. The maximum absolute atomic E-state index is 12.2. The van der Waals surface area contributed by atoms with Crippen molar-refractivity contribution in [1.29, 1.82) is 0 Å². The molecule has 0 unspecified atom stereocenters. The van der Waals surface area contributed by atoms with E-state index in [2.05, 4.69) is 25.3 Å². The molecule has 0 aliphatic heterocycles. The van der Waals surface area contributed by atoms with Crippen LogP contribution in [-0.2, 0) is 6.42 Å². The molecule has 0 aliphatic carbocycles. The highest BCUT2D eigenvalue weighted by molar-refractivity contribution is 5.97. The summed E-state index contributed by atoms with van der Waals surface area (Å²) in [6.45, 7) is 4.40. The van der Waals surface area contributed by atoms with E-state index in [4.69, 9.17) is 0 Å². The van der Waals surface area contributed by atoms with Crippen LogP contribution in [0.1, 0.15) is 27.4 Å². The molecule has 0 bridgehead atoms. The van der Waals surface area contributed by atoms with E-state index in [1.165, 1.54) is 0 Å². The second-order valence-electron chi connectivity index (χ2n) is 5.18. The summed E-state index contributed by atoms with van der Waals surface area (Å²) in [5.74, 6) is -0.110. The lowest BCUT2D eigenvalue weighted by Gasteiger charge is -2.06. The number of rotatable bonds is 4. The number of H-pyrrole nitrogens is 1. The molecule has 0 saturated carbocycles. The van der Waals surface area contributed by atoms with Gasteiger partial charge in [0.25, 0.3) is 5.91 Å². The summed E-state index contributed by atoms with van der Waals surface area (Å²) >= 11 is 0. The van der Waals surface area contributed by atoms with Gasteiger partial charge in [0.2, 0.25) is 0 Å². The molecule has 22 heavy (non-hydrogen) atoms. The minimum Gasteiger partial charge on any atom is -0.352 e. The van der Waals surface area contributed by atoms with E-state index < -0.39 is 0 Å². The number of hydrogen-bond donors (Lipinski definition) is 2. The van der Waals surface area contributed by atoms with Crippen molar-refractivity contribution in [3.05, 3.63) is 53.4 Å². The lowest BCUT2D eigenvalue weighted by molar-refractivity contribution is 0.0954. The van der Waals surface area contributed by atoms with E-state index in [1.807, 2.05) is 19.9 Å². The minimum atomic E-state index is -0.110. The van der Waals surface area contributed by atoms with Crippen LogP contribution in [0.25, 0.3) is 11.0 Å². The van der Waals surface area contributed by atoms with Gasteiger partial charge in [-0.1, -0.05) is 0 Å². The summed E-state index contributed by atoms with van der Waals surface area (Å²) in [5.41, 5.74) is 4.92. The summed E-state index contributed by atoms with van der Waals surface area (Å²) in [6, 6.07) is 5.39. The minimum absolute atomic E-state index is 0.110. The summed E-state index contributed by atoms with van der Waals surface area (Å²) in [7, 11) is 0. The monoisotopic (exact) mass is 295 g/mol. The zero-order valence-electron chi connectivity index (χ0n) is 12.6. The Hall–Kier alpha value is -2.76. The average molecular weight is 295 g/mol. The van der Waals surface area contributed by atoms with Crippen molar-refractivity contribution in [2.45, 2.75) is 20.3 Å². The number of nitrogens with one attached hydrogen (secondary N) is 2. The first-order valence-electron chi connectivity index (χ1n) is 7.14. The fourth-order valence-corrected chi connectivity index (χ4v) is 2.21. The van der Waals surface area contributed by atoms with Crippen molar-refractivity contribution in [3.8, 4) is 0 Å². The molecule has 3 rings (SSSR count). The van der Waals surface area contributed by atoms with Crippen LogP contribution in [0.15, 0.2) is 30.7 Å². The molecule has 0 atom stereocenters. The average Bonchev–Trinajstić information content (AvgIpc) is 3.01. The molecule has 0 spiro atoms. The summed E-state index contributed by atoms with van der Waals surface area (Å²) in [6.07, 6.45) is 4.10. The van der Waals surface area contributed by atoms with Gasteiger partial charge in [-0.05, 0) is 32.0 Å². The smallest absolute Gasteiger partial charge is 0.251 e. The topological polar surface area (TPSA) is 83.6 Å². The summed E-state index contributed by atoms with van der Waals surface area (Å²) in [4.78, 5) is 28.1. The van der Waals surface area contributed by atoms with Gasteiger partial charge in [-0.2, -0.15) is 0 Å². The Morgan fingerprint density at radius 1 is 1.18 bits per heavy atom. The Balaban J connectivity index is 1.72. The molecule has 2 heterocycles. The van der Waals surface area contributed by atoms with Crippen molar-refractivity contribution in [3.63, 3.8) is 0 Å². The molecule has 1 amide bonds. The Kier molecular flexibility index (Phi) is 3.82. The van der Waals surface area contributed by atoms with Gasteiger partial charge in [-0.25, -0.2) is 15.0 Å². The van der Waals surface area contributed by atoms with Crippen molar-refractivity contribution < 1.29 is 4.79 Å². The van der Waals surface area contributed by atoms with Gasteiger partial charge in [0, 0.05) is 30.4 Å². The Morgan fingerprint density at radius 3 is 2.68 bits per heavy atom. The highest BCUT2D eigenvalue weighted by Crippen LogP contribution is 2.14. The zero-order chi connectivity index (χ0) is 15.5. The lowest BCUT2D eigenvalue weighted by Crippen LogP contribution is -2.25. The van der Waals surface area contributed by atoms with E-state index in [0.717, 1.165) is 34.5 Å².